The number of benzene rings is 1. The monoisotopic (exact) mass is 406 g/mol. The summed E-state index contributed by atoms with van der Waals surface area (Å²) in [5.74, 6) is 2.06. The fraction of sp³-hybridized carbons (Fsp3) is 0.611. The van der Waals surface area contributed by atoms with Crippen molar-refractivity contribution in [3.05, 3.63) is 24.3 Å². The molecule has 0 bridgehead atoms. The molecule has 0 saturated carbocycles. The molecule has 1 aromatic heterocycles. The molecule has 3 heterocycles. The lowest BCUT2D eigenvalue weighted by Crippen LogP contribution is -2.51. The Balaban J connectivity index is 1.30. The highest BCUT2D eigenvalue weighted by Gasteiger charge is 2.33. The van der Waals surface area contributed by atoms with Crippen LogP contribution in [0.1, 0.15) is 13.3 Å². The van der Waals surface area contributed by atoms with Gasteiger partial charge in [0.1, 0.15) is 12.4 Å². The molecule has 0 N–H and O–H groups in total. The number of rotatable bonds is 6. The van der Waals surface area contributed by atoms with Crippen molar-refractivity contribution in [1.29, 1.82) is 0 Å². The summed E-state index contributed by atoms with van der Waals surface area (Å²) < 4.78 is 28.8. The highest BCUT2D eigenvalue weighted by Crippen LogP contribution is 2.20. The third-order valence-corrected chi connectivity index (χ3v) is 7.08. The Morgan fingerprint density at radius 2 is 1.89 bits per heavy atom. The van der Waals surface area contributed by atoms with Gasteiger partial charge < -0.3 is 4.74 Å². The van der Waals surface area contributed by atoms with Crippen LogP contribution in [0.5, 0.6) is 5.75 Å². The van der Waals surface area contributed by atoms with Crippen molar-refractivity contribution in [3.8, 4) is 17.1 Å². The minimum Gasteiger partial charge on any atom is -0.494 e. The number of hydrogen-bond donors (Lipinski definition) is 0. The zero-order chi connectivity index (χ0) is 19.6. The Morgan fingerprint density at radius 3 is 2.54 bits per heavy atom. The summed E-state index contributed by atoms with van der Waals surface area (Å²) in [5.41, 5.74) is 0.905. The fourth-order valence-corrected chi connectivity index (χ4v) is 5.56. The van der Waals surface area contributed by atoms with Crippen LogP contribution in [0.4, 0.5) is 0 Å². The van der Waals surface area contributed by atoms with Crippen LogP contribution in [0.3, 0.4) is 0 Å². The molecule has 0 aliphatic carbocycles. The third-order valence-electron chi connectivity index (χ3n) is 5.33. The Bertz CT molecular complexity index is 890. The van der Waals surface area contributed by atoms with Crippen molar-refractivity contribution >= 4 is 9.84 Å². The van der Waals surface area contributed by atoms with E-state index in [4.69, 9.17) is 4.74 Å². The van der Waals surface area contributed by atoms with Gasteiger partial charge >= 0.3 is 0 Å². The SMILES string of the molecule is CCOc1ccc(-c2nnn(CN3CCN(C4CCS(=O)(=O)C4)CC3)n2)cc1. The van der Waals surface area contributed by atoms with E-state index >= 15 is 0 Å². The molecule has 4 rings (SSSR count). The van der Waals surface area contributed by atoms with Gasteiger partial charge in [-0.25, -0.2) is 8.42 Å². The van der Waals surface area contributed by atoms with Crippen LogP contribution in [-0.4, -0.2) is 88.8 Å². The highest BCUT2D eigenvalue weighted by molar-refractivity contribution is 7.91. The van der Waals surface area contributed by atoms with Crippen molar-refractivity contribution in [2.24, 2.45) is 0 Å². The summed E-state index contributed by atoms with van der Waals surface area (Å²) in [5, 5.41) is 12.8. The first-order valence-electron chi connectivity index (χ1n) is 9.70. The molecule has 2 aliphatic heterocycles. The molecule has 2 aliphatic rings. The molecule has 10 heteroatoms. The van der Waals surface area contributed by atoms with E-state index in [0.717, 1.165) is 43.9 Å². The molecule has 28 heavy (non-hydrogen) atoms. The summed E-state index contributed by atoms with van der Waals surface area (Å²) in [4.78, 5) is 6.19. The molecular weight excluding hydrogens is 380 g/mol. The van der Waals surface area contributed by atoms with Crippen molar-refractivity contribution < 1.29 is 13.2 Å². The van der Waals surface area contributed by atoms with Crippen LogP contribution in [0.25, 0.3) is 11.4 Å². The van der Waals surface area contributed by atoms with E-state index < -0.39 is 9.84 Å². The van der Waals surface area contributed by atoms with E-state index in [0.29, 0.717) is 30.6 Å². The van der Waals surface area contributed by atoms with Gasteiger partial charge in [-0.2, -0.15) is 0 Å². The maximum absolute atomic E-state index is 11.7. The molecule has 0 spiro atoms. The van der Waals surface area contributed by atoms with E-state index in [1.807, 2.05) is 31.2 Å². The van der Waals surface area contributed by atoms with Crippen molar-refractivity contribution in [1.82, 2.24) is 30.0 Å². The van der Waals surface area contributed by atoms with Gasteiger partial charge in [0.25, 0.3) is 0 Å². The van der Waals surface area contributed by atoms with E-state index in [1.54, 1.807) is 4.80 Å². The summed E-state index contributed by atoms with van der Waals surface area (Å²) in [6, 6.07) is 7.86. The van der Waals surface area contributed by atoms with E-state index in [2.05, 4.69) is 25.2 Å². The van der Waals surface area contributed by atoms with Gasteiger partial charge in [0.2, 0.25) is 5.82 Å². The first kappa shape index (κ1) is 19.3. The molecule has 152 valence electrons. The number of nitrogens with zero attached hydrogens (tertiary/aromatic N) is 6. The van der Waals surface area contributed by atoms with Crippen LogP contribution >= 0.6 is 0 Å². The zero-order valence-corrected chi connectivity index (χ0v) is 16.9. The minimum atomic E-state index is -2.83. The number of hydrogen-bond acceptors (Lipinski definition) is 8. The molecule has 2 fully saturated rings. The van der Waals surface area contributed by atoms with Crippen molar-refractivity contribution in [2.45, 2.75) is 26.1 Å². The number of sulfone groups is 1. The Kier molecular flexibility index (Phi) is 5.61. The molecule has 2 aromatic rings. The quantitative estimate of drug-likeness (QED) is 0.685. The molecule has 0 amide bonds. The molecule has 9 nitrogen and oxygen atoms in total. The molecule has 1 aromatic carbocycles. The standard InChI is InChI=1S/C18H26N6O3S/c1-2-27-17-5-3-15(4-6-17)18-19-21-24(20-18)14-22-8-10-23(11-9-22)16-7-12-28(25,26)13-16/h3-6,16H,2,7-14H2,1H3. The topological polar surface area (TPSA) is 93.5 Å². The zero-order valence-electron chi connectivity index (χ0n) is 16.1. The second-order valence-corrected chi connectivity index (χ2v) is 9.52. The summed E-state index contributed by atoms with van der Waals surface area (Å²) in [7, 11) is -2.83. The van der Waals surface area contributed by atoms with Gasteiger partial charge in [-0.1, -0.05) is 0 Å². The largest absolute Gasteiger partial charge is 0.494 e. The number of aromatic nitrogens is 4. The number of ether oxygens (including phenoxy) is 1. The predicted molar refractivity (Wildman–Crippen MR) is 105 cm³/mol. The van der Waals surface area contributed by atoms with Crippen molar-refractivity contribution in [2.75, 3.05) is 44.3 Å². The van der Waals surface area contributed by atoms with Crippen LogP contribution in [0.15, 0.2) is 24.3 Å². The lowest BCUT2D eigenvalue weighted by molar-refractivity contribution is 0.0767. The van der Waals surface area contributed by atoms with E-state index in [9.17, 15) is 8.42 Å². The van der Waals surface area contributed by atoms with Crippen LogP contribution in [0, 0.1) is 0 Å². The average molecular weight is 407 g/mol. The van der Waals surface area contributed by atoms with Crippen LogP contribution in [0.2, 0.25) is 0 Å². The predicted octanol–water partition coefficient (Wildman–Crippen LogP) is 0.501. The first-order valence-corrected chi connectivity index (χ1v) is 11.5. The third kappa shape index (κ3) is 4.50. The van der Waals surface area contributed by atoms with Gasteiger partial charge in [-0.3, -0.25) is 9.80 Å². The average Bonchev–Trinajstić information content (AvgIpc) is 3.30. The van der Waals surface area contributed by atoms with E-state index in [1.165, 1.54) is 0 Å². The van der Waals surface area contributed by atoms with Crippen LogP contribution in [-0.2, 0) is 16.5 Å². The first-order chi connectivity index (χ1) is 13.5. The molecule has 2 saturated heterocycles. The summed E-state index contributed by atoms with van der Waals surface area (Å²) in [6.45, 7) is 6.67. The molecule has 1 unspecified atom stereocenters. The number of piperazine rings is 1. The molecule has 0 radical (unpaired) electrons. The second-order valence-electron chi connectivity index (χ2n) is 7.30. The molecular formula is C18H26N6O3S. The summed E-state index contributed by atoms with van der Waals surface area (Å²) >= 11 is 0. The second kappa shape index (κ2) is 8.14. The fourth-order valence-electron chi connectivity index (χ4n) is 3.80. The van der Waals surface area contributed by atoms with Crippen molar-refractivity contribution in [3.63, 3.8) is 0 Å². The maximum Gasteiger partial charge on any atom is 0.204 e. The Labute approximate surface area is 165 Å². The lowest BCUT2D eigenvalue weighted by Gasteiger charge is -2.37. The normalized spacial score (nSPS) is 23.1. The Morgan fingerprint density at radius 1 is 1.14 bits per heavy atom. The van der Waals surface area contributed by atoms with Gasteiger partial charge in [-0.05, 0) is 42.8 Å². The molecule has 1 atom stereocenters. The Hall–Kier alpha value is -2.04. The smallest absolute Gasteiger partial charge is 0.204 e. The van der Waals surface area contributed by atoms with Gasteiger partial charge in [0.05, 0.1) is 18.1 Å². The van der Waals surface area contributed by atoms with Gasteiger partial charge in [0, 0.05) is 37.8 Å². The number of tetrazole rings is 1. The maximum atomic E-state index is 11.7. The van der Waals surface area contributed by atoms with E-state index in [-0.39, 0.29) is 6.04 Å². The van der Waals surface area contributed by atoms with Gasteiger partial charge in [0.15, 0.2) is 9.84 Å². The highest BCUT2D eigenvalue weighted by atomic mass is 32.2. The van der Waals surface area contributed by atoms with Gasteiger partial charge in [-0.15, -0.1) is 15.0 Å². The van der Waals surface area contributed by atoms with Crippen LogP contribution < -0.4 is 4.74 Å². The lowest BCUT2D eigenvalue weighted by atomic mass is 10.2. The summed E-state index contributed by atoms with van der Waals surface area (Å²) in [6.07, 6.45) is 0.762. The minimum absolute atomic E-state index is 0.183.